The van der Waals surface area contributed by atoms with Gasteiger partial charge in [-0.25, -0.2) is 4.79 Å². The van der Waals surface area contributed by atoms with Gasteiger partial charge in [0.1, 0.15) is 0 Å². The van der Waals surface area contributed by atoms with E-state index in [1.165, 1.54) is 0 Å². The summed E-state index contributed by atoms with van der Waals surface area (Å²) in [6.07, 6.45) is 1.80. The first-order valence-corrected chi connectivity index (χ1v) is 8.46. The zero-order valence-corrected chi connectivity index (χ0v) is 13.7. The number of amides is 2. The molecule has 2 amide bonds. The monoisotopic (exact) mass is 327 g/mol. The fraction of sp³-hybridized carbons (Fsp3) is 0.471. The summed E-state index contributed by atoms with van der Waals surface area (Å²) in [6.45, 7) is 4.71. The maximum absolute atomic E-state index is 12.6. The number of likely N-dealkylation sites (tertiary alicyclic amines) is 1. The number of urea groups is 1. The average molecular weight is 327 g/mol. The summed E-state index contributed by atoms with van der Waals surface area (Å²) in [5, 5.41) is 10.3. The van der Waals surface area contributed by atoms with Gasteiger partial charge >= 0.3 is 6.03 Å². The standard InChI is InChI=1S/C17H21N5O2/c1-2-15-20-16(24-21-15)11-4-3-5-13(8-11)19-17(23)22-7-6-12-9-18-10-14(12)22/h3-5,8,12,14,18H,2,6-7,9-10H2,1H3,(H,19,23)/t12-,14+/m0/s1. The van der Waals surface area contributed by atoms with Crippen molar-refractivity contribution in [3.05, 3.63) is 30.1 Å². The summed E-state index contributed by atoms with van der Waals surface area (Å²) in [5.41, 5.74) is 1.55. The van der Waals surface area contributed by atoms with Crippen molar-refractivity contribution >= 4 is 11.7 Å². The smallest absolute Gasteiger partial charge is 0.322 e. The van der Waals surface area contributed by atoms with Crippen LogP contribution in [0.1, 0.15) is 19.2 Å². The Morgan fingerprint density at radius 2 is 2.38 bits per heavy atom. The number of fused-ring (bicyclic) bond motifs is 1. The first-order chi connectivity index (χ1) is 11.7. The Morgan fingerprint density at radius 1 is 1.46 bits per heavy atom. The highest BCUT2D eigenvalue weighted by Gasteiger charge is 2.39. The van der Waals surface area contributed by atoms with E-state index in [0.717, 1.165) is 43.7 Å². The highest BCUT2D eigenvalue weighted by Crippen LogP contribution is 2.28. The number of benzene rings is 1. The normalized spacial score (nSPS) is 22.6. The van der Waals surface area contributed by atoms with Gasteiger partial charge in [0.15, 0.2) is 5.82 Å². The molecule has 1 aromatic heterocycles. The fourth-order valence-corrected chi connectivity index (χ4v) is 3.54. The van der Waals surface area contributed by atoms with Gasteiger partial charge in [0.2, 0.25) is 0 Å². The number of nitrogens with zero attached hydrogens (tertiary/aromatic N) is 3. The van der Waals surface area contributed by atoms with Crippen LogP contribution in [-0.4, -0.2) is 46.7 Å². The molecular weight excluding hydrogens is 306 g/mol. The molecule has 0 unspecified atom stereocenters. The summed E-state index contributed by atoms with van der Waals surface area (Å²) < 4.78 is 5.27. The van der Waals surface area contributed by atoms with Crippen LogP contribution in [0, 0.1) is 5.92 Å². The molecule has 2 saturated heterocycles. The molecule has 2 aromatic rings. The van der Waals surface area contributed by atoms with Gasteiger partial charge in [0.25, 0.3) is 5.89 Å². The quantitative estimate of drug-likeness (QED) is 0.902. The highest BCUT2D eigenvalue weighted by molar-refractivity contribution is 5.90. The van der Waals surface area contributed by atoms with Crippen molar-refractivity contribution in [1.29, 1.82) is 0 Å². The van der Waals surface area contributed by atoms with Gasteiger partial charge in [-0.2, -0.15) is 4.98 Å². The summed E-state index contributed by atoms with van der Waals surface area (Å²) in [4.78, 5) is 18.9. The molecule has 1 aromatic carbocycles. The number of rotatable bonds is 3. The average Bonchev–Trinajstić information content (AvgIpc) is 3.31. The summed E-state index contributed by atoms with van der Waals surface area (Å²) in [7, 11) is 0. The second-order valence-corrected chi connectivity index (χ2v) is 6.35. The molecule has 2 atom stereocenters. The van der Waals surface area contributed by atoms with Crippen molar-refractivity contribution in [3.8, 4) is 11.5 Å². The Morgan fingerprint density at radius 3 is 3.21 bits per heavy atom. The number of nitrogens with one attached hydrogen (secondary N) is 2. The van der Waals surface area contributed by atoms with E-state index in [4.69, 9.17) is 4.52 Å². The molecule has 2 N–H and O–H groups in total. The van der Waals surface area contributed by atoms with Crippen LogP contribution in [0.5, 0.6) is 0 Å². The fourth-order valence-electron chi connectivity index (χ4n) is 3.54. The lowest BCUT2D eigenvalue weighted by Gasteiger charge is -2.23. The Kier molecular flexibility index (Phi) is 3.93. The second-order valence-electron chi connectivity index (χ2n) is 6.35. The van der Waals surface area contributed by atoms with E-state index >= 15 is 0 Å². The van der Waals surface area contributed by atoms with Crippen LogP contribution in [-0.2, 0) is 6.42 Å². The van der Waals surface area contributed by atoms with E-state index in [1.807, 2.05) is 36.1 Å². The Balaban J connectivity index is 1.48. The molecule has 0 bridgehead atoms. The predicted octanol–water partition coefficient (Wildman–Crippen LogP) is 2.12. The van der Waals surface area contributed by atoms with E-state index in [-0.39, 0.29) is 6.03 Å². The number of hydrogen-bond donors (Lipinski definition) is 2. The number of carbonyl (C=O) groups excluding carboxylic acids is 1. The third kappa shape index (κ3) is 2.75. The van der Waals surface area contributed by atoms with Gasteiger partial charge in [-0.15, -0.1) is 0 Å². The maximum atomic E-state index is 12.6. The minimum absolute atomic E-state index is 0.0388. The lowest BCUT2D eigenvalue weighted by molar-refractivity contribution is 0.206. The van der Waals surface area contributed by atoms with Crippen LogP contribution in [0.4, 0.5) is 10.5 Å². The zero-order chi connectivity index (χ0) is 16.5. The van der Waals surface area contributed by atoms with Gasteiger partial charge in [-0.3, -0.25) is 0 Å². The molecule has 0 saturated carbocycles. The molecule has 3 heterocycles. The van der Waals surface area contributed by atoms with E-state index in [0.29, 0.717) is 23.7 Å². The molecular formula is C17H21N5O2. The lowest BCUT2D eigenvalue weighted by Crippen LogP contribution is -2.41. The molecule has 2 fully saturated rings. The molecule has 126 valence electrons. The van der Waals surface area contributed by atoms with Crippen molar-refractivity contribution in [2.75, 3.05) is 25.0 Å². The van der Waals surface area contributed by atoms with Crippen LogP contribution in [0.3, 0.4) is 0 Å². The van der Waals surface area contributed by atoms with Gasteiger partial charge in [0.05, 0.1) is 0 Å². The number of aryl methyl sites for hydroxylation is 1. The van der Waals surface area contributed by atoms with Crippen molar-refractivity contribution in [1.82, 2.24) is 20.4 Å². The van der Waals surface area contributed by atoms with Crippen LogP contribution >= 0.6 is 0 Å². The molecule has 7 heteroatoms. The van der Waals surface area contributed by atoms with Gasteiger partial charge < -0.3 is 20.1 Å². The first kappa shape index (κ1) is 15.1. The molecule has 2 aliphatic rings. The molecule has 0 spiro atoms. The van der Waals surface area contributed by atoms with Gasteiger partial charge in [-0.05, 0) is 30.5 Å². The Labute approximate surface area is 140 Å². The van der Waals surface area contributed by atoms with E-state index < -0.39 is 0 Å². The third-order valence-corrected chi connectivity index (χ3v) is 4.85. The number of carbonyl (C=O) groups is 1. The third-order valence-electron chi connectivity index (χ3n) is 4.85. The summed E-state index contributed by atoms with van der Waals surface area (Å²) >= 11 is 0. The second kappa shape index (κ2) is 6.24. The van der Waals surface area contributed by atoms with Crippen LogP contribution in [0.15, 0.2) is 28.8 Å². The first-order valence-electron chi connectivity index (χ1n) is 8.46. The molecule has 7 nitrogen and oxygen atoms in total. The summed E-state index contributed by atoms with van der Waals surface area (Å²) in [5.74, 6) is 1.74. The molecule has 4 rings (SSSR count). The number of anilines is 1. The number of hydrogen-bond acceptors (Lipinski definition) is 5. The van der Waals surface area contributed by atoms with Crippen LogP contribution < -0.4 is 10.6 Å². The van der Waals surface area contributed by atoms with E-state index in [2.05, 4.69) is 20.8 Å². The van der Waals surface area contributed by atoms with Crippen LogP contribution in [0.2, 0.25) is 0 Å². The van der Waals surface area contributed by atoms with E-state index in [1.54, 1.807) is 0 Å². The van der Waals surface area contributed by atoms with Gasteiger partial charge in [0, 0.05) is 43.3 Å². The minimum atomic E-state index is -0.0388. The lowest BCUT2D eigenvalue weighted by atomic mass is 10.1. The van der Waals surface area contributed by atoms with Crippen molar-refractivity contribution in [2.24, 2.45) is 5.92 Å². The van der Waals surface area contributed by atoms with Crippen LogP contribution in [0.25, 0.3) is 11.5 Å². The van der Waals surface area contributed by atoms with E-state index in [9.17, 15) is 4.79 Å². The Bertz CT molecular complexity index is 744. The Hall–Kier alpha value is -2.41. The molecule has 24 heavy (non-hydrogen) atoms. The van der Waals surface area contributed by atoms with Crippen molar-refractivity contribution < 1.29 is 9.32 Å². The molecule has 2 aliphatic heterocycles. The van der Waals surface area contributed by atoms with Gasteiger partial charge in [-0.1, -0.05) is 18.1 Å². The summed E-state index contributed by atoms with van der Waals surface area (Å²) in [6, 6.07) is 7.80. The number of aromatic nitrogens is 2. The topological polar surface area (TPSA) is 83.3 Å². The molecule has 0 aliphatic carbocycles. The van der Waals surface area contributed by atoms with Crippen molar-refractivity contribution in [2.45, 2.75) is 25.8 Å². The maximum Gasteiger partial charge on any atom is 0.322 e. The minimum Gasteiger partial charge on any atom is -0.334 e. The predicted molar refractivity (Wildman–Crippen MR) is 89.6 cm³/mol. The molecule has 0 radical (unpaired) electrons. The highest BCUT2D eigenvalue weighted by atomic mass is 16.5. The zero-order valence-electron chi connectivity index (χ0n) is 13.7. The van der Waals surface area contributed by atoms with Crippen molar-refractivity contribution in [3.63, 3.8) is 0 Å². The SMILES string of the molecule is CCc1noc(-c2cccc(NC(=O)N3CC[C@H]4CNC[C@H]43)c2)n1. The largest absolute Gasteiger partial charge is 0.334 e.